The maximum absolute atomic E-state index is 12.3. The Balaban J connectivity index is 1.94. The van der Waals surface area contributed by atoms with Gasteiger partial charge in [-0.1, -0.05) is 0 Å². The van der Waals surface area contributed by atoms with Crippen LogP contribution in [0.3, 0.4) is 0 Å². The number of nitrogens with one attached hydrogen (secondary N) is 1. The second-order valence-electron chi connectivity index (χ2n) is 5.70. The Morgan fingerprint density at radius 2 is 2.14 bits per heavy atom. The molecule has 1 aromatic rings. The molecule has 6 heteroatoms. The summed E-state index contributed by atoms with van der Waals surface area (Å²) in [6.07, 6.45) is -0.142. The van der Waals surface area contributed by atoms with Crippen molar-refractivity contribution in [2.24, 2.45) is 0 Å². The summed E-state index contributed by atoms with van der Waals surface area (Å²) < 4.78 is 7.73. The molecule has 2 amide bonds. The summed E-state index contributed by atoms with van der Waals surface area (Å²) in [7, 11) is 0. The van der Waals surface area contributed by atoms with Crippen LogP contribution in [0.5, 0.6) is 0 Å². The number of morpholine rings is 1. The highest BCUT2D eigenvalue weighted by Crippen LogP contribution is 2.15. The molecule has 1 fully saturated rings. The number of rotatable bonds is 4. The van der Waals surface area contributed by atoms with Crippen LogP contribution in [-0.4, -0.2) is 53.6 Å². The lowest BCUT2D eigenvalue weighted by atomic mass is 10.2. The van der Waals surface area contributed by atoms with Gasteiger partial charge in [0.15, 0.2) is 0 Å². The first kappa shape index (κ1) is 16.5. The van der Waals surface area contributed by atoms with Crippen molar-refractivity contribution in [1.29, 1.82) is 0 Å². The Labute approximate surface area is 131 Å². The van der Waals surface area contributed by atoms with E-state index in [1.54, 1.807) is 11.8 Å². The molecular weight excluding hydrogens is 282 g/mol. The van der Waals surface area contributed by atoms with Crippen LogP contribution in [0.25, 0.3) is 0 Å². The lowest BCUT2D eigenvalue weighted by molar-refractivity contribution is -0.136. The van der Waals surface area contributed by atoms with E-state index in [9.17, 15) is 9.59 Å². The van der Waals surface area contributed by atoms with Crippen molar-refractivity contribution in [2.75, 3.05) is 26.2 Å². The number of hydrogen-bond donors (Lipinski definition) is 1. The third-order valence-corrected chi connectivity index (χ3v) is 4.21. The van der Waals surface area contributed by atoms with E-state index < -0.39 is 0 Å². The van der Waals surface area contributed by atoms with Crippen molar-refractivity contribution in [3.63, 3.8) is 0 Å². The molecular formula is C16H25N3O3. The summed E-state index contributed by atoms with van der Waals surface area (Å²) in [4.78, 5) is 25.5. The van der Waals surface area contributed by atoms with Crippen LogP contribution in [0, 0.1) is 13.8 Å². The Kier molecular flexibility index (Phi) is 5.24. The summed E-state index contributed by atoms with van der Waals surface area (Å²) in [6.45, 7) is 10.5. The highest BCUT2D eigenvalue weighted by molar-refractivity contribution is 5.95. The number of carbonyl (C=O) groups excluding carboxylic acids is 2. The van der Waals surface area contributed by atoms with E-state index in [-0.39, 0.29) is 17.9 Å². The zero-order valence-corrected chi connectivity index (χ0v) is 13.8. The smallest absolute Gasteiger partial charge is 0.253 e. The molecule has 0 unspecified atom stereocenters. The normalized spacial score (nSPS) is 18.4. The van der Waals surface area contributed by atoms with Crippen molar-refractivity contribution in [2.45, 2.75) is 40.3 Å². The van der Waals surface area contributed by atoms with Gasteiger partial charge in [0.05, 0.1) is 18.3 Å². The fourth-order valence-electron chi connectivity index (χ4n) is 2.95. The Morgan fingerprint density at radius 1 is 1.41 bits per heavy atom. The van der Waals surface area contributed by atoms with Gasteiger partial charge in [0, 0.05) is 44.5 Å². The molecule has 0 aromatic carbocycles. The van der Waals surface area contributed by atoms with Crippen LogP contribution in [0.1, 0.15) is 35.6 Å². The monoisotopic (exact) mass is 307 g/mol. The average Bonchev–Trinajstić information content (AvgIpc) is 2.79. The first-order valence-corrected chi connectivity index (χ1v) is 7.76. The molecule has 22 heavy (non-hydrogen) atoms. The van der Waals surface area contributed by atoms with Crippen molar-refractivity contribution in [3.8, 4) is 0 Å². The average molecular weight is 307 g/mol. The molecule has 0 radical (unpaired) electrons. The number of carbonyl (C=O) groups is 2. The molecule has 6 nitrogen and oxygen atoms in total. The van der Waals surface area contributed by atoms with E-state index in [4.69, 9.17) is 4.74 Å². The van der Waals surface area contributed by atoms with E-state index in [0.717, 1.165) is 17.9 Å². The molecule has 2 heterocycles. The fraction of sp³-hybridized carbons (Fsp3) is 0.625. The zero-order chi connectivity index (χ0) is 16.3. The fourth-order valence-corrected chi connectivity index (χ4v) is 2.95. The zero-order valence-electron chi connectivity index (χ0n) is 13.8. The topological polar surface area (TPSA) is 63.6 Å². The van der Waals surface area contributed by atoms with E-state index >= 15 is 0 Å². The SMILES string of the molecule is CCn1c(C)cc(C(=O)NC[C@@H]2CN(C(C)=O)CCO2)c1C. The van der Waals surface area contributed by atoms with Crippen molar-refractivity contribution in [3.05, 3.63) is 23.0 Å². The molecule has 1 atom stereocenters. The second-order valence-corrected chi connectivity index (χ2v) is 5.70. The lowest BCUT2D eigenvalue weighted by Gasteiger charge is -2.32. The summed E-state index contributed by atoms with van der Waals surface area (Å²) >= 11 is 0. The first-order chi connectivity index (χ1) is 10.4. The molecule has 1 aromatic heterocycles. The van der Waals surface area contributed by atoms with Crippen LogP contribution in [0.4, 0.5) is 0 Å². The van der Waals surface area contributed by atoms with E-state index in [1.807, 2.05) is 19.9 Å². The van der Waals surface area contributed by atoms with Gasteiger partial charge in [-0.15, -0.1) is 0 Å². The maximum Gasteiger partial charge on any atom is 0.253 e. The number of nitrogens with zero attached hydrogens (tertiary/aromatic N) is 2. The van der Waals surface area contributed by atoms with Gasteiger partial charge in [0.25, 0.3) is 5.91 Å². The predicted octanol–water partition coefficient (Wildman–Crippen LogP) is 1.10. The Hall–Kier alpha value is -1.82. The predicted molar refractivity (Wildman–Crippen MR) is 83.9 cm³/mol. The minimum absolute atomic E-state index is 0.0473. The van der Waals surface area contributed by atoms with Gasteiger partial charge in [-0.3, -0.25) is 9.59 Å². The molecule has 1 aliphatic rings. The minimum Gasteiger partial charge on any atom is -0.373 e. The number of hydrogen-bond acceptors (Lipinski definition) is 3. The molecule has 0 spiro atoms. The van der Waals surface area contributed by atoms with E-state index in [2.05, 4.69) is 16.8 Å². The van der Waals surface area contributed by atoms with Gasteiger partial charge in [0.2, 0.25) is 5.91 Å². The van der Waals surface area contributed by atoms with Gasteiger partial charge in [0.1, 0.15) is 0 Å². The molecule has 2 rings (SSSR count). The summed E-state index contributed by atoms with van der Waals surface area (Å²) in [5.74, 6) is -0.0394. The van der Waals surface area contributed by atoms with Crippen LogP contribution in [0.2, 0.25) is 0 Å². The summed E-state index contributed by atoms with van der Waals surface area (Å²) in [6, 6.07) is 1.91. The number of aromatic nitrogens is 1. The van der Waals surface area contributed by atoms with Gasteiger partial charge in [-0.25, -0.2) is 0 Å². The minimum atomic E-state index is -0.142. The van der Waals surface area contributed by atoms with Gasteiger partial charge >= 0.3 is 0 Å². The molecule has 1 saturated heterocycles. The van der Waals surface area contributed by atoms with Crippen molar-refractivity contribution in [1.82, 2.24) is 14.8 Å². The molecule has 0 aliphatic carbocycles. The highest BCUT2D eigenvalue weighted by Gasteiger charge is 2.23. The quantitative estimate of drug-likeness (QED) is 0.906. The molecule has 1 N–H and O–H groups in total. The maximum atomic E-state index is 12.3. The van der Waals surface area contributed by atoms with E-state index in [1.165, 1.54) is 0 Å². The van der Waals surface area contributed by atoms with Crippen molar-refractivity contribution < 1.29 is 14.3 Å². The van der Waals surface area contributed by atoms with Gasteiger partial charge in [-0.2, -0.15) is 0 Å². The van der Waals surface area contributed by atoms with Crippen molar-refractivity contribution >= 4 is 11.8 Å². The summed E-state index contributed by atoms with van der Waals surface area (Å²) in [5, 5.41) is 2.92. The highest BCUT2D eigenvalue weighted by atomic mass is 16.5. The molecule has 0 bridgehead atoms. The third kappa shape index (κ3) is 3.50. The standard InChI is InChI=1S/C16H25N3O3/c1-5-19-11(2)8-15(12(19)3)16(21)17-9-14-10-18(13(4)20)6-7-22-14/h8,14H,5-7,9-10H2,1-4H3,(H,17,21)/t14-/m1/s1. The lowest BCUT2D eigenvalue weighted by Crippen LogP contribution is -2.49. The molecule has 0 saturated carbocycles. The Morgan fingerprint density at radius 3 is 2.73 bits per heavy atom. The van der Waals surface area contributed by atoms with Gasteiger partial charge < -0.3 is 19.5 Å². The van der Waals surface area contributed by atoms with Crippen LogP contribution in [-0.2, 0) is 16.1 Å². The molecule has 1 aliphatic heterocycles. The van der Waals surface area contributed by atoms with Crippen LogP contribution in [0.15, 0.2) is 6.07 Å². The van der Waals surface area contributed by atoms with Crippen LogP contribution >= 0.6 is 0 Å². The third-order valence-electron chi connectivity index (χ3n) is 4.21. The number of aryl methyl sites for hydroxylation is 1. The first-order valence-electron chi connectivity index (χ1n) is 7.76. The summed E-state index contributed by atoms with van der Waals surface area (Å²) in [5.41, 5.74) is 2.77. The largest absolute Gasteiger partial charge is 0.373 e. The van der Waals surface area contributed by atoms with Gasteiger partial charge in [-0.05, 0) is 26.8 Å². The second kappa shape index (κ2) is 6.96. The molecule has 122 valence electrons. The number of ether oxygens (including phenoxy) is 1. The Bertz CT molecular complexity index is 565. The van der Waals surface area contributed by atoms with E-state index in [0.29, 0.717) is 31.8 Å². The van der Waals surface area contributed by atoms with Crippen LogP contribution < -0.4 is 5.32 Å². The number of amides is 2.